The van der Waals surface area contributed by atoms with Gasteiger partial charge in [-0.25, -0.2) is 4.99 Å². The van der Waals surface area contributed by atoms with E-state index in [9.17, 15) is 4.79 Å². The van der Waals surface area contributed by atoms with Gasteiger partial charge in [0.05, 0.1) is 23.4 Å². The summed E-state index contributed by atoms with van der Waals surface area (Å²) in [4.78, 5) is 22.9. The molecule has 3 aliphatic heterocycles. The minimum absolute atomic E-state index is 0.169. The molecule has 1 saturated heterocycles. The summed E-state index contributed by atoms with van der Waals surface area (Å²) in [5, 5.41) is 3.21. The Kier molecular flexibility index (Phi) is 2.29. The van der Waals surface area contributed by atoms with Gasteiger partial charge in [0.1, 0.15) is 11.7 Å². The summed E-state index contributed by atoms with van der Waals surface area (Å²) >= 11 is 0. The molecule has 1 N–H and O–H groups in total. The molecule has 5 heteroatoms. The molecular formula is C14H14N4O. The predicted molar refractivity (Wildman–Crippen MR) is 73.2 cm³/mol. The normalized spacial score (nSPS) is 20.9. The van der Waals surface area contributed by atoms with Gasteiger partial charge >= 0.3 is 0 Å². The molecule has 1 aromatic carbocycles. The second-order valence-electron chi connectivity index (χ2n) is 5.13. The lowest BCUT2D eigenvalue weighted by Gasteiger charge is -2.21. The summed E-state index contributed by atoms with van der Waals surface area (Å²) in [5.74, 6) is 1.39. The van der Waals surface area contributed by atoms with Crippen molar-refractivity contribution in [3.63, 3.8) is 0 Å². The lowest BCUT2D eigenvalue weighted by Crippen LogP contribution is -2.40. The fourth-order valence-corrected chi connectivity index (χ4v) is 2.91. The Labute approximate surface area is 111 Å². The third-order valence-corrected chi connectivity index (χ3v) is 3.81. The third kappa shape index (κ3) is 1.69. The number of nitrogens with one attached hydrogen (secondary N) is 1. The number of likely N-dealkylation sites (tertiary alicyclic amines) is 1. The summed E-state index contributed by atoms with van der Waals surface area (Å²) in [6.07, 6.45) is 2.51. The molecule has 0 radical (unpaired) electrons. The molecule has 19 heavy (non-hydrogen) atoms. The second kappa shape index (κ2) is 3.99. The van der Waals surface area contributed by atoms with Crippen LogP contribution in [-0.4, -0.2) is 42.1 Å². The molecular weight excluding hydrogens is 240 g/mol. The van der Waals surface area contributed by atoms with Gasteiger partial charge in [0.25, 0.3) is 5.91 Å². The van der Waals surface area contributed by atoms with E-state index in [4.69, 9.17) is 0 Å². The number of nitrogens with zero attached hydrogens (tertiary/aromatic N) is 3. The van der Waals surface area contributed by atoms with Crippen molar-refractivity contribution in [3.05, 3.63) is 29.3 Å². The van der Waals surface area contributed by atoms with Crippen LogP contribution in [0.1, 0.15) is 28.8 Å². The number of hydrogen-bond donors (Lipinski definition) is 1. The van der Waals surface area contributed by atoms with Crippen LogP contribution in [0, 0.1) is 0 Å². The molecule has 0 bridgehead atoms. The fraction of sp³-hybridized carbons (Fsp3) is 0.357. The number of rotatable bonds is 2. The molecule has 0 atom stereocenters. The maximum Gasteiger partial charge on any atom is 0.279 e. The first kappa shape index (κ1) is 10.9. The number of benzene rings is 1. The molecule has 3 heterocycles. The number of carbonyl (C=O) groups excluding carboxylic acids is 1. The lowest BCUT2D eigenvalue weighted by atomic mass is 10.1. The number of carbonyl (C=O) groups is 1. The monoisotopic (exact) mass is 254 g/mol. The van der Waals surface area contributed by atoms with Crippen molar-refractivity contribution in [3.8, 4) is 0 Å². The molecule has 4 rings (SSSR count). The zero-order chi connectivity index (χ0) is 12.8. The Morgan fingerprint density at radius 1 is 1.21 bits per heavy atom. The Morgan fingerprint density at radius 2 is 2.05 bits per heavy atom. The van der Waals surface area contributed by atoms with Gasteiger partial charge in [-0.2, -0.15) is 4.99 Å². The summed E-state index contributed by atoms with van der Waals surface area (Å²) in [6.45, 7) is 3.05. The highest BCUT2D eigenvalue weighted by molar-refractivity contribution is 6.28. The molecule has 0 aromatic heterocycles. The van der Waals surface area contributed by atoms with Crippen molar-refractivity contribution in [1.82, 2.24) is 10.2 Å². The Bertz CT molecular complexity index is 626. The smallest absolute Gasteiger partial charge is 0.279 e. The topological polar surface area (TPSA) is 57.1 Å². The average Bonchev–Trinajstić information content (AvgIpc) is 3.00. The molecule has 0 spiro atoms. The molecule has 1 aromatic rings. The van der Waals surface area contributed by atoms with E-state index < -0.39 is 0 Å². The number of amides is 1. The first-order valence-electron chi connectivity index (χ1n) is 6.64. The van der Waals surface area contributed by atoms with Crippen molar-refractivity contribution in [2.24, 2.45) is 9.98 Å². The van der Waals surface area contributed by atoms with Crippen LogP contribution >= 0.6 is 0 Å². The highest BCUT2D eigenvalue weighted by atomic mass is 16.1. The van der Waals surface area contributed by atoms with Crippen molar-refractivity contribution in [1.29, 1.82) is 0 Å². The van der Waals surface area contributed by atoms with E-state index >= 15 is 0 Å². The standard InChI is InChI=1S/C14H14N4O/c19-14-9-4-3-5-10-12(9)13(17-14)16-11(15-10)8-18-6-1-2-7-18/h3-5H,1-2,6-8H2,(H,15,16,17,19). The van der Waals surface area contributed by atoms with Crippen molar-refractivity contribution in [2.45, 2.75) is 12.8 Å². The molecule has 5 nitrogen and oxygen atoms in total. The first-order valence-corrected chi connectivity index (χ1v) is 6.64. The Hall–Kier alpha value is -2.01. The highest BCUT2D eigenvalue weighted by Crippen LogP contribution is 2.30. The zero-order valence-corrected chi connectivity index (χ0v) is 10.5. The third-order valence-electron chi connectivity index (χ3n) is 3.81. The van der Waals surface area contributed by atoms with Crippen LogP contribution in [0.4, 0.5) is 5.69 Å². The lowest BCUT2D eigenvalue weighted by molar-refractivity contribution is 0.101. The molecule has 0 aliphatic carbocycles. The minimum Gasteiger partial charge on any atom is -0.327 e. The van der Waals surface area contributed by atoms with E-state index in [0.29, 0.717) is 11.4 Å². The highest BCUT2D eigenvalue weighted by Gasteiger charge is 2.30. The van der Waals surface area contributed by atoms with Crippen LogP contribution in [0.5, 0.6) is 0 Å². The zero-order valence-electron chi connectivity index (χ0n) is 10.5. The fourth-order valence-electron chi connectivity index (χ4n) is 2.91. The van der Waals surface area contributed by atoms with Gasteiger partial charge in [0.15, 0.2) is 0 Å². The summed E-state index contributed by atoms with van der Waals surface area (Å²) in [5.41, 5.74) is 2.37. The van der Waals surface area contributed by atoms with Gasteiger partial charge in [-0.1, -0.05) is 6.07 Å². The van der Waals surface area contributed by atoms with Crippen LogP contribution < -0.4 is 5.32 Å². The van der Waals surface area contributed by atoms with Gasteiger partial charge in [0.2, 0.25) is 0 Å². The average molecular weight is 254 g/mol. The largest absolute Gasteiger partial charge is 0.327 e. The first-order chi connectivity index (χ1) is 9.31. The van der Waals surface area contributed by atoms with E-state index in [-0.39, 0.29) is 5.91 Å². The molecule has 0 saturated carbocycles. The SMILES string of the molecule is O=C1N=C2NC(CN3CCCC3)=Nc3cccc1c32. The molecule has 0 unspecified atom stereocenters. The number of hydrogen-bond acceptors (Lipinski definition) is 4. The summed E-state index contributed by atoms with van der Waals surface area (Å²) < 4.78 is 0. The number of amidine groups is 2. The maximum atomic E-state index is 11.8. The minimum atomic E-state index is -0.169. The molecule has 1 fully saturated rings. The van der Waals surface area contributed by atoms with Gasteiger partial charge < -0.3 is 5.32 Å². The van der Waals surface area contributed by atoms with Crippen molar-refractivity contribution in [2.75, 3.05) is 19.6 Å². The summed E-state index contributed by atoms with van der Waals surface area (Å²) in [7, 11) is 0. The van der Waals surface area contributed by atoms with Crippen molar-refractivity contribution >= 4 is 23.3 Å². The predicted octanol–water partition coefficient (Wildman–Crippen LogP) is 1.32. The Morgan fingerprint density at radius 3 is 2.89 bits per heavy atom. The van der Waals surface area contributed by atoms with Crippen LogP contribution in [0.3, 0.4) is 0 Å². The van der Waals surface area contributed by atoms with E-state index in [2.05, 4.69) is 20.2 Å². The van der Waals surface area contributed by atoms with E-state index in [1.54, 1.807) is 6.07 Å². The van der Waals surface area contributed by atoms with Gasteiger partial charge in [-0.15, -0.1) is 0 Å². The Balaban J connectivity index is 1.70. The van der Waals surface area contributed by atoms with Gasteiger partial charge in [-0.3, -0.25) is 9.69 Å². The van der Waals surface area contributed by atoms with Gasteiger partial charge in [-0.05, 0) is 38.1 Å². The second-order valence-corrected chi connectivity index (χ2v) is 5.13. The molecule has 3 aliphatic rings. The molecule has 96 valence electrons. The van der Waals surface area contributed by atoms with E-state index in [1.807, 2.05) is 12.1 Å². The quantitative estimate of drug-likeness (QED) is 0.866. The van der Waals surface area contributed by atoms with Crippen LogP contribution in [0.2, 0.25) is 0 Å². The van der Waals surface area contributed by atoms with Crippen LogP contribution in [-0.2, 0) is 0 Å². The van der Waals surface area contributed by atoms with Gasteiger partial charge in [0, 0.05) is 0 Å². The molecule has 1 amide bonds. The number of aliphatic imine (C=N–C) groups is 2. The van der Waals surface area contributed by atoms with Crippen LogP contribution in [0.25, 0.3) is 0 Å². The van der Waals surface area contributed by atoms with E-state index in [1.165, 1.54) is 12.8 Å². The van der Waals surface area contributed by atoms with E-state index in [0.717, 1.165) is 36.7 Å². The maximum absolute atomic E-state index is 11.8. The van der Waals surface area contributed by atoms with Crippen molar-refractivity contribution < 1.29 is 4.79 Å². The summed E-state index contributed by atoms with van der Waals surface area (Å²) in [6, 6.07) is 5.62. The van der Waals surface area contributed by atoms with Crippen LogP contribution in [0.15, 0.2) is 28.2 Å².